The summed E-state index contributed by atoms with van der Waals surface area (Å²) < 4.78 is 38.6. The second-order valence-corrected chi connectivity index (χ2v) is 4.06. The summed E-state index contributed by atoms with van der Waals surface area (Å²) in [5.74, 6) is 0. The number of para-hydroxylation sites is 2. The second kappa shape index (κ2) is 3.70. The molecule has 0 aliphatic heterocycles. The van der Waals surface area contributed by atoms with Gasteiger partial charge >= 0.3 is 6.18 Å². The molecule has 0 amide bonds. The van der Waals surface area contributed by atoms with E-state index < -0.39 is 11.7 Å². The monoisotopic (exact) mass is 247 g/mol. The summed E-state index contributed by atoms with van der Waals surface area (Å²) in [4.78, 5) is 4.12. The van der Waals surface area contributed by atoms with Crippen LogP contribution in [-0.4, -0.2) is 4.98 Å². The largest absolute Gasteiger partial charge is 0.418 e. The van der Waals surface area contributed by atoms with E-state index in [9.17, 15) is 13.2 Å². The zero-order valence-corrected chi connectivity index (χ0v) is 9.20. The second-order valence-electron chi connectivity index (χ2n) is 4.06. The van der Waals surface area contributed by atoms with E-state index in [2.05, 4.69) is 4.98 Å². The molecule has 0 N–H and O–H groups in total. The predicted molar refractivity (Wildman–Crippen MR) is 64.3 cm³/mol. The van der Waals surface area contributed by atoms with E-state index in [1.165, 1.54) is 6.07 Å². The van der Waals surface area contributed by atoms with Crippen LogP contribution in [0.1, 0.15) is 5.56 Å². The van der Waals surface area contributed by atoms with Gasteiger partial charge in [-0.05, 0) is 18.2 Å². The van der Waals surface area contributed by atoms with E-state index in [1.54, 1.807) is 24.3 Å². The summed E-state index contributed by atoms with van der Waals surface area (Å²) in [7, 11) is 0. The normalized spacial score (nSPS) is 12.2. The molecule has 3 rings (SSSR count). The van der Waals surface area contributed by atoms with Gasteiger partial charge in [0.25, 0.3) is 0 Å². The molecule has 0 unspecified atom stereocenters. The van der Waals surface area contributed by atoms with Gasteiger partial charge in [-0.2, -0.15) is 13.2 Å². The molecule has 0 radical (unpaired) electrons. The third kappa shape index (κ3) is 1.70. The van der Waals surface area contributed by atoms with Gasteiger partial charge < -0.3 is 0 Å². The lowest BCUT2D eigenvalue weighted by molar-refractivity contribution is -0.136. The number of halogens is 3. The molecule has 1 heterocycles. The van der Waals surface area contributed by atoms with Gasteiger partial charge in [0.2, 0.25) is 0 Å². The van der Waals surface area contributed by atoms with E-state index in [0.717, 1.165) is 11.5 Å². The van der Waals surface area contributed by atoms with Gasteiger partial charge in [0.05, 0.1) is 16.6 Å². The number of hydrogen-bond acceptors (Lipinski definition) is 1. The van der Waals surface area contributed by atoms with Gasteiger partial charge in [0.1, 0.15) is 0 Å². The van der Waals surface area contributed by atoms with Crippen LogP contribution >= 0.6 is 0 Å². The van der Waals surface area contributed by atoms with Gasteiger partial charge in [0.15, 0.2) is 0 Å². The molecule has 0 atom stereocenters. The van der Waals surface area contributed by atoms with E-state index in [0.29, 0.717) is 10.9 Å². The molecule has 0 saturated carbocycles. The molecule has 4 heteroatoms. The van der Waals surface area contributed by atoms with Crippen molar-refractivity contribution in [2.24, 2.45) is 0 Å². The van der Waals surface area contributed by atoms with Crippen molar-refractivity contribution >= 4 is 21.8 Å². The highest BCUT2D eigenvalue weighted by atomic mass is 19.4. The highest BCUT2D eigenvalue weighted by molar-refractivity contribution is 5.94. The smallest absolute Gasteiger partial charge is 0.247 e. The fourth-order valence-corrected chi connectivity index (χ4v) is 2.03. The van der Waals surface area contributed by atoms with Crippen LogP contribution in [-0.2, 0) is 6.18 Å². The van der Waals surface area contributed by atoms with Gasteiger partial charge in [0, 0.05) is 10.8 Å². The van der Waals surface area contributed by atoms with Gasteiger partial charge in [-0.1, -0.05) is 30.3 Å². The number of nitrogens with zero attached hydrogens (tertiary/aromatic N) is 1. The van der Waals surface area contributed by atoms with Crippen molar-refractivity contribution in [2.75, 3.05) is 0 Å². The van der Waals surface area contributed by atoms with Crippen molar-refractivity contribution in [3.63, 3.8) is 0 Å². The standard InChI is InChI=1S/C14H8F3N/c15-14(16,17)11-6-3-5-10-8-9-4-1-2-7-12(9)18-13(10)11/h1-8H. The van der Waals surface area contributed by atoms with Crippen LogP contribution in [0.3, 0.4) is 0 Å². The van der Waals surface area contributed by atoms with Crippen molar-refractivity contribution < 1.29 is 13.2 Å². The van der Waals surface area contributed by atoms with Crippen LogP contribution in [0.25, 0.3) is 21.8 Å². The average molecular weight is 247 g/mol. The maximum absolute atomic E-state index is 12.9. The highest BCUT2D eigenvalue weighted by Crippen LogP contribution is 2.34. The van der Waals surface area contributed by atoms with E-state index in [4.69, 9.17) is 0 Å². The molecule has 3 aromatic rings. The lowest BCUT2D eigenvalue weighted by Gasteiger charge is -2.10. The minimum atomic E-state index is -4.38. The van der Waals surface area contributed by atoms with Crippen molar-refractivity contribution in [1.29, 1.82) is 0 Å². The number of pyridine rings is 1. The first-order valence-electron chi connectivity index (χ1n) is 5.41. The summed E-state index contributed by atoms with van der Waals surface area (Å²) in [5, 5.41) is 1.34. The number of aromatic nitrogens is 1. The maximum Gasteiger partial charge on any atom is 0.418 e. The third-order valence-corrected chi connectivity index (χ3v) is 2.85. The zero-order chi connectivity index (χ0) is 12.8. The Morgan fingerprint density at radius 1 is 0.833 bits per heavy atom. The van der Waals surface area contributed by atoms with Crippen LogP contribution in [0.5, 0.6) is 0 Å². The Hall–Kier alpha value is -2.10. The SMILES string of the molecule is FC(F)(F)c1cccc2cc3ccccc3nc12. The molecular formula is C14H8F3N. The number of alkyl halides is 3. The molecular weight excluding hydrogens is 239 g/mol. The quantitative estimate of drug-likeness (QED) is 0.536. The lowest BCUT2D eigenvalue weighted by Crippen LogP contribution is -2.06. The van der Waals surface area contributed by atoms with Gasteiger partial charge in [-0.15, -0.1) is 0 Å². The van der Waals surface area contributed by atoms with E-state index in [-0.39, 0.29) is 5.52 Å². The van der Waals surface area contributed by atoms with Crippen molar-refractivity contribution in [3.05, 3.63) is 54.1 Å². The van der Waals surface area contributed by atoms with E-state index >= 15 is 0 Å². The minimum Gasteiger partial charge on any atom is -0.247 e. The highest BCUT2D eigenvalue weighted by Gasteiger charge is 2.33. The lowest BCUT2D eigenvalue weighted by atomic mass is 10.1. The fourth-order valence-electron chi connectivity index (χ4n) is 2.03. The number of benzene rings is 2. The molecule has 0 aliphatic carbocycles. The maximum atomic E-state index is 12.9. The summed E-state index contributed by atoms with van der Waals surface area (Å²) in [6.07, 6.45) is -4.38. The summed E-state index contributed by atoms with van der Waals surface area (Å²) >= 11 is 0. The Kier molecular flexibility index (Phi) is 2.26. The molecule has 2 aromatic carbocycles. The number of rotatable bonds is 0. The number of hydrogen-bond donors (Lipinski definition) is 0. The Morgan fingerprint density at radius 2 is 1.56 bits per heavy atom. The van der Waals surface area contributed by atoms with Crippen molar-refractivity contribution in [3.8, 4) is 0 Å². The average Bonchev–Trinajstić information content (AvgIpc) is 2.34. The molecule has 18 heavy (non-hydrogen) atoms. The molecule has 0 bridgehead atoms. The topological polar surface area (TPSA) is 12.9 Å². The van der Waals surface area contributed by atoms with Crippen LogP contribution in [0.15, 0.2) is 48.5 Å². The zero-order valence-electron chi connectivity index (χ0n) is 9.20. The molecule has 0 fully saturated rings. The van der Waals surface area contributed by atoms with Crippen molar-refractivity contribution in [2.45, 2.75) is 6.18 Å². The third-order valence-electron chi connectivity index (χ3n) is 2.85. The Morgan fingerprint density at radius 3 is 2.33 bits per heavy atom. The first-order valence-corrected chi connectivity index (χ1v) is 5.41. The van der Waals surface area contributed by atoms with E-state index in [1.807, 2.05) is 12.1 Å². The molecule has 0 spiro atoms. The van der Waals surface area contributed by atoms with Gasteiger partial charge in [-0.3, -0.25) is 0 Å². The fraction of sp³-hybridized carbons (Fsp3) is 0.0714. The van der Waals surface area contributed by atoms with Gasteiger partial charge in [-0.25, -0.2) is 4.98 Å². The Balaban J connectivity index is 2.44. The van der Waals surface area contributed by atoms with Crippen molar-refractivity contribution in [1.82, 2.24) is 4.98 Å². The first kappa shape index (κ1) is 11.0. The Bertz CT molecular complexity index is 732. The van der Waals surface area contributed by atoms with Crippen LogP contribution in [0.4, 0.5) is 13.2 Å². The van der Waals surface area contributed by atoms with Crippen LogP contribution in [0.2, 0.25) is 0 Å². The van der Waals surface area contributed by atoms with Crippen LogP contribution in [0, 0.1) is 0 Å². The summed E-state index contributed by atoms with van der Waals surface area (Å²) in [6, 6.07) is 13.0. The molecule has 1 nitrogen and oxygen atoms in total. The summed E-state index contributed by atoms with van der Waals surface area (Å²) in [5.41, 5.74) is -0.115. The minimum absolute atomic E-state index is 0.00343. The first-order chi connectivity index (χ1) is 8.55. The molecule has 1 aromatic heterocycles. The Labute approximate surface area is 101 Å². The number of fused-ring (bicyclic) bond motifs is 2. The summed E-state index contributed by atoms with van der Waals surface area (Å²) in [6.45, 7) is 0. The molecule has 0 saturated heterocycles. The predicted octanol–water partition coefficient (Wildman–Crippen LogP) is 4.41. The molecule has 0 aliphatic rings. The van der Waals surface area contributed by atoms with Crippen LogP contribution < -0.4 is 0 Å². The molecule has 90 valence electrons.